The van der Waals surface area contributed by atoms with Gasteiger partial charge in [-0.2, -0.15) is 0 Å². The molecule has 24 heavy (non-hydrogen) atoms. The molecule has 0 radical (unpaired) electrons. The minimum absolute atomic E-state index is 0.543. The standard InChI is InChI=1S/C15H20O9/c1-4-11(19)22-14(9-17,7-8-16)15(10-18,23-12(20)5-2)24-13(21)6-3/h4-6,16-18H,1-3,7-10H2. The average molecular weight is 344 g/mol. The van der Waals surface area contributed by atoms with E-state index in [9.17, 15) is 29.7 Å². The fourth-order valence-electron chi connectivity index (χ4n) is 1.79. The molecule has 0 bridgehead atoms. The van der Waals surface area contributed by atoms with Crippen molar-refractivity contribution in [3.05, 3.63) is 38.0 Å². The van der Waals surface area contributed by atoms with Crippen LogP contribution in [0.1, 0.15) is 6.42 Å². The Morgan fingerprint density at radius 2 is 1.21 bits per heavy atom. The maximum absolute atomic E-state index is 11.6. The van der Waals surface area contributed by atoms with Crippen LogP contribution in [0.15, 0.2) is 38.0 Å². The van der Waals surface area contributed by atoms with Gasteiger partial charge in [-0.1, -0.05) is 19.7 Å². The first-order chi connectivity index (χ1) is 11.3. The molecule has 0 saturated carbocycles. The summed E-state index contributed by atoms with van der Waals surface area (Å²) in [6, 6.07) is 0. The third-order valence-electron chi connectivity index (χ3n) is 3.00. The second kappa shape index (κ2) is 9.60. The molecule has 0 amide bonds. The van der Waals surface area contributed by atoms with Crippen LogP contribution >= 0.6 is 0 Å². The highest BCUT2D eigenvalue weighted by molar-refractivity contribution is 5.84. The molecule has 1 unspecified atom stereocenters. The van der Waals surface area contributed by atoms with Crippen molar-refractivity contribution in [2.45, 2.75) is 17.8 Å². The van der Waals surface area contributed by atoms with Crippen LogP contribution < -0.4 is 0 Å². The van der Waals surface area contributed by atoms with Gasteiger partial charge in [0.2, 0.25) is 5.60 Å². The minimum Gasteiger partial charge on any atom is -0.445 e. The normalized spacial score (nSPS) is 13.1. The lowest BCUT2D eigenvalue weighted by atomic mass is 9.89. The quantitative estimate of drug-likeness (QED) is 0.244. The van der Waals surface area contributed by atoms with Crippen molar-refractivity contribution in [3.63, 3.8) is 0 Å². The van der Waals surface area contributed by atoms with Crippen LogP contribution in [0.2, 0.25) is 0 Å². The van der Waals surface area contributed by atoms with Crippen molar-refractivity contribution < 1.29 is 43.9 Å². The fourth-order valence-corrected chi connectivity index (χ4v) is 1.79. The van der Waals surface area contributed by atoms with Crippen LogP contribution in [0.4, 0.5) is 0 Å². The summed E-state index contributed by atoms with van der Waals surface area (Å²) in [4.78, 5) is 34.8. The molecule has 0 heterocycles. The highest BCUT2D eigenvalue weighted by Gasteiger charge is 2.60. The summed E-state index contributed by atoms with van der Waals surface area (Å²) in [6.07, 6.45) is 1.58. The molecule has 0 aromatic rings. The number of aliphatic hydroxyl groups is 3. The van der Waals surface area contributed by atoms with Gasteiger partial charge < -0.3 is 29.5 Å². The number of esters is 3. The van der Waals surface area contributed by atoms with Crippen molar-refractivity contribution in [3.8, 4) is 0 Å². The highest BCUT2D eigenvalue weighted by Crippen LogP contribution is 2.35. The monoisotopic (exact) mass is 344 g/mol. The van der Waals surface area contributed by atoms with Crippen LogP contribution in [0.3, 0.4) is 0 Å². The largest absolute Gasteiger partial charge is 0.445 e. The average Bonchev–Trinajstić information content (AvgIpc) is 2.59. The summed E-state index contributed by atoms with van der Waals surface area (Å²) in [7, 11) is 0. The first-order valence-electron chi connectivity index (χ1n) is 6.69. The predicted octanol–water partition coefficient (Wildman–Crippen LogP) is -1.02. The van der Waals surface area contributed by atoms with E-state index < -0.39 is 55.5 Å². The smallest absolute Gasteiger partial charge is 0.333 e. The van der Waals surface area contributed by atoms with E-state index >= 15 is 0 Å². The molecular weight excluding hydrogens is 324 g/mol. The van der Waals surface area contributed by atoms with E-state index in [1.165, 1.54) is 0 Å². The molecule has 0 aliphatic carbocycles. The van der Waals surface area contributed by atoms with E-state index in [0.717, 1.165) is 6.08 Å². The van der Waals surface area contributed by atoms with Crippen LogP contribution in [-0.4, -0.2) is 64.4 Å². The van der Waals surface area contributed by atoms with Gasteiger partial charge in [-0.3, -0.25) is 0 Å². The molecule has 0 spiro atoms. The van der Waals surface area contributed by atoms with E-state index in [-0.39, 0.29) is 0 Å². The lowest BCUT2D eigenvalue weighted by Crippen LogP contribution is -2.65. The number of aliphatic hydroxyl groups excluding tert-OH is 3. The minimum atomic E-state index is -2.65. The molecule has 0 aliphatic heterocycles. The Bertz CT molecular complexity index is 489. The molecule has 134 valence electrons. The molecule has 0 aromatic carbocycles. The topological polar surface area (TPSA) is 140 Å². The molecule has 0 aromatic heterocycles. The number of ether oxygens (including phenoxy) is 3. The van der Waals surface area contributed by atoms with Crippen molar-refractivity contribution in [2.24, 2.45) is 0 Å². The van der Waals surface area contributed by atoms with Crippen LogP contribution in [0.5, 0.6) is 0 Å². The predicted molar refractivity (Wildman–Crippen MR) is 80.2 cm³/mol. The van der Waals surface area contributed by atoms with Crippen molar-refractivity contribution in [2.75, 3.05) is 19.8 Å². The van der Waals surface area contributed by atoms with E-state index in [4.69, 9.17) is 14.2 Å². The Kier molecular flexibility index (Phi) is 8.61. The molecule has 9 nitrogen and oxygen atoms in total. The zero-order chi connectivity index (χ0) is 18.8. The maximum atomic E-state index is 11.6. The molecule has 3 N–H and O–H groups in total. The summed E-state index contributed by atoms with van der Waals surface area (Å²) in [6.45, 7) is 6.54. The highest BCUT2D eigenvalue weighted by atomic mass is 16.8. The molecular formula is C15H20O9. The van der Waals surface area contributed by atoms with Gasteiger partial charge in [0.05, 0.1) is 6.61 Å². The van der Waals surface area contributed by atoms with Gasteiger partial charge in [-0.25, -0.2) is 14.4 Å². The molecule has 1 atom stereocenters. The Hall–Kier alpha value is -2.49. The molecule has 0 fully saturated rings. The second-order valence-electron chi connectivity index (χ2n) is 4.41. The summed E-state index contributed by atoms with van der Waals surface area (Å²) in [5.41, 5.74) is -2.31. The van der Waals surface area contributed by atoms with Gasteiger partial charge in [-0.05, 0) is 0 Å². The summed E-state index contributed by atoms with van der Waals surface area (Å²) in [5.74, 6) is -6.03. The lowest BCUT2D eigenvalue weighted by molar-refractivity contribution is -0.314. The maximum Gasteiger partial charge on any atom is 0.333 e. The van der Waals surface area contributed by atoms with Crippen LogP contribution in [-0.2, 0) is 28.6 Å². The van der Waals surface area contributed by atoms with Gasteiger partial charge in [0.15, 0.2) is 0 Å². The Labute approximate surface area is 138 Å². The van der Waals surface area contributed by atoms with Gasteiger partial charge in [-0.15, -0.1) is 0 Å². The van der Waals surface area contributed by atoms with Crippen LogP contribution in [0.25, 0.3) is 0 Å². The SMILES string of the molecule is C=CC(=O)OC(CO)(CCO)C(CO)(OC(=O)C=C)OC(=O)C=C. The molecule has 0 rings (SSSR count). The third-order valence-corrected chi connectivity index (χ3v) is 3.00. The van der Waals surface area contributed by atoms with Gasteiger partial charge in [0.25, 0.3) is 0 Å². The Balaban J connectivity index is 6.27. The molecule has 0 aliphatic rings. The third kappa shape index (κ3) is 4.75. The van der Waals surface area contributed by atoms with Gasteiger partial charge in [0.1, 0.15) is 6.61 Å². The van der Waals surface area contributed by atoms with E-state index in [1.54, 1.807) is 0 Å². The lowest BCUT2D eigenvalue weighted by Gasteiger charge is -2.44. The van der Waals surface area contributed by atoms with Crippen molar-refractivity contribution in [1.29, 1.82) is 0 Å². The Morgan fingerprint density at radius 1 is 0.792 bits per heavy atom. The number of carbonyl (C=O) groups is 3. The fraction of sp³-hybridized carbons (Fsp3) is 0.400. The van der Waals surface area contributed by atoms with Crippen molar-refractivity contribution >= 4 is 17.9 Å². The molecule has 0 saturated heterocycles. The zero-order valence-electron chi connectivity index (χ0n) is 13.0. The summed E-state index contributed by atoms with van der Waals surface area (Å²) < 4.78 is 14.7. The van der Waals surface area contributed by atoms with Gasteiger partial charge in [0, 0.05) is 31.3 Å². The zero-order valence-corrected chi connectivity index (χ0v) is 13.0. The first kappa shape index (κ1) is 21.5. The number of rotatable bonds is 11. The number of hydrogen-bond acceptors (Lipinski definition) is 9. The van der Waals surface area contributed by atoms with Crippen molar-refractivity contribution in [1.82, 2.24) is 0 Å². The van der Waals surface area contributed by atoms with Gasteiger partial charge >= 0.3 is 23.7 Å². The van der Waals surface area contributed by atoms with E-state index in [2.05, 4.69) is 19.7 Å². The molecule has 9 heteroatoms. The summed E-state index contributed by atoms with van der Waals surface area (Å²) >= 11 is 0. The Morgan fingerprint density at radius 3 is 1.50 bits per heavy atom. The van der Waals surface area contributed by atoms with E-state index in [1.807, 2.05) is 0 Å². The first-order valence-corrected chi connectivity index (χ1v) is 6.69. The number of hydrogen-bond donors (Lipinski definition) is 3. The van der Waals surface area contributed by atoms with E-state index in [0.29, 0.717) is 12.2 Å². The summed E-state index contributed by atoms with van der Waals surface area (Å²) in [5, 5.41) is 28.7. The number of carbonyl (C=O) groups excluding carboxylic acids is 3. The second-order valence-corrected chi connectivity index (χ2v) is 4.41. The van der Waals surface area contributed by atoms with Crippen LogP contribution in [0, 0.1) is 0 Å².